The number of halogens is 1. The summed E-state index contributed by atoms with van der Waals surface area (Å²) in [6.07, 6.45) is 0. The molecule has 8 heteroatoms. The van der Waals surface area contributed by atoms with Crippen LogP contribution in [0.1, 0.15) is 21.5 Å². The molecule has 0 radical (unpaired) electrons. The summed E-state index contributed by atoms with van der Waals surface area (Å²) in [6, 6.07) is 24.9. The third kappa shape index (κ3) is 6.07. The molecule has 1 N–H and O–H groups in total. The highest BCUT2D eigenvalue weighted by Crippen LogP contribution is 2.30. The lowest BCUT2D eigenvalue weighted by atomic mass is 10.2. The summed E-state index contributed by atoms with van der Waals surface area (Å²) in [5.41, 5.74) is 2.55. The van der Waals surface area contributed by atoms with E-state index in [0.29, 0.717) is 28.1 Å². The van der Waals surface area contributed by atoms with Gasteiger partial charge in [0.1, 0.15) is 12.4 Å². The molecular weight excluding hydrogens is 450 g/mol. The molecule has 1 aromatic heterocycles. The smallest absolute Gasteiger partial charge is 0.261 e. The predicted molar refractivity (Wildman–Crippen MR) is 126 cm³/mol. The maximum atomic E-state index is 12.9. The largest absolute Gasteiger partial charge is 0.488 e. The average Bonchev–Trinajstić information content (AvgIpc) is 3.25. The fourth-order valence-electron chi connectivity index (χ4n) is 2.74. The van der Waals surface area contributed by atoms with Crippen molar-refractivity contribution >= 4 is 45.7 Å². The quantitative estimate of drug-likeness (QED) is 0.243. The van der Waals surface area contributed by atoms with Crippen LogP contribution in [-0.2, 0) is 12.4 Å². The SMILES string of the molecule is O=C(Nc1nnc(SCc2ccccc2)s1)c1cc(Cl)ccc1OCc1ccccc1. The van der Waals surface area contributed by atoms with E-state index >= 15 is 0 Å². The Bertz CT molecular complexity index is 1150. The Morgan fingerprint density at radius 3 is 2.42 bits per heavy atom. The number of anilines is 1. The summed E-state index contributed by atoms with van der Waals surface area (Å²) in [7, 11) is 0. The highest BCUT2D eigenvalue weighted by molar-refractivity contribution is 8.00. The van der Waals surface area contributed by atoms with Crippen LogP contribution < -0.4 is 10.1 Å². The van der Waals surface area contributed by atoms with E-state index in [-0.39, 0.29) is 5.91 Å². The van der Waals surface area contributed by atoms with Crippen molar-refractivity contribution in [2.75, 3.05) is 5.32 Å². The minimum absolute atomic E-state index is 0.345. The fourth-order valence-corrected chi connectivity index (χ4v) is 4.62. The third-order valence-electron chi connectivity index (χ3n) is 4.26. The Morgan fingerprint density at radius 1 is 0.968 bits per heavy atom. The second kappa shape index (κ2) is 10.4. The van der Waals surface area contributed by atoms with Gasteiger partial charge in [0, 0.05) is 10.8 Å². The van der Waals surface area contributed by atoms with E-state index in [4.69, 9.17) is 16.3 Å². The second-order valence-corrected chi connectivity index (χ2v) is 9.15. The molecule has 0 saturated heterocycles. The van der Waals surface area contributed by atoms with Gasteiger partial charge in [-0.2, -0.15) is 0 Å². The van der Waals surface area contributed by atoms with Crippen molar-refractivity contribution in [1.82, 2.24) is 10.2 Å². The lowest BCUT2D eigenvalue weighted by Crippen LogP contribution is -2.13. The van der Waals surface area contributed by atoms with E-state index in [1.807, 2.05) is 48.5 Å². The molecule has 0 atom stereocenters. The van der Waals surface area contributed by atoms with Gasteiger partial charge in [0.15, 0.2) is 4.34 Å². The Morgan fingerprint density at radius 2 is 1.68 bits per heavy atom. The molecule has 4 rings (SSSR count). The van der Waals surface area contributed by atoms with Crippen LogP contribution in [0.2, 0.25) is 5.02 Å². The van der Waals surface area contributed by atoms with E-state index in [0.717, 1.165) is 15.7 Å². The summed E-state index contributed by atoms with van der Waals surface area (Å²) in [5, 5.41) is 11.9. The molecular formula is C23H18ClN3O2S2. The van der Waals surface area contributed by atoms with Gasteiger partial charge >= 0.3 is 0 Å². The lowest BCUT2D eigenvalue weighted by Gasteiger charge is -2.11. The first-order chi connectivity index (χ1) is 15.2. The maximum absolute atomic E-state index is 12.9. The third-order valence-corrected chi connectivity index (χ3v) is 6.53. The molecule has 4 aromatic rings. The number of hydrogen-bond donors (Lipinski definition) is 1. The molecule has 0 fully saturated rings. The van der Waals surface area contributed by atoms with Crippen molar-refractivity contribution in [3.05, 3.63) is 101 Å². The van der Waals surface area contributed by atoms with E-state index < -0.39 is 0 Å². The molecule has 0 aliphatic heterocycles. The molecule has 1 amide bonds. The van der Waals surface area contributed by atoms with Gasteiger partial charge in [0.2, 0.25) is 5.13 Å². The van der Waals surface area contributed by atoms with Crippen LogP contribution in [0.4, 0.5) is 5.13 Å². The van der Waals surface area contributed by atoms with Crippen LogP contribution in [0.15, 0.2) is 83.2 Å². The van der Waals surface area contributed by atoms with Crippen molar-refractivity contribution < 1.29 is 9.53 Å². The fraction of sp³-hybridized carbons (Fsp3) is 0.0870. The molecule has 0 saturated carbocycles. The molecule has 0 bridgehead atoms. The predicted octanol–water partition coefficient (Wildman–Crippen LogP) is 6.32. The number of rotatable bonds is 8. The second-order valence-electron chi connectivity index (χ2n) is 6.52. The van der Waals surface area contributed by atoms with Gasteiger partial charge in [0.25, 0.3) is 5.91 Å². The van der Waals surface area contributed by atoms with Crippen LogP contribution in [-0.4, -0.2) is 16.1 Å². The number of hydrogen-bond acceptors (Lipinski definition) is 6. The number of thioether (sulfide) groups is 1. The molecule has 5 nitrogen and oxygen atoms in total. The van der Waals surface area contributed by atoms with Crippen molar-refractivity contribution in [3.63, 3.8) is 0 Å². The maximum Gasteiger partial charge on any atom is 0.261 e. The molecule has 1 heterocycles. The van der Waals surface area contributed by atoms with Crippen molar-refractivity contribution in [3.8, 4) is 5.75 Å². The van der Waals surface area contributed by atoms with Gasteiger partial charge in [-0.15, -0.1) is 10.2 Å². The van der Waals surface area contributed by atoms with Gasteiger partial charge in [-0.05, 0) is 29.3 Å². The van der Waals surface area contributed by atoms with E-state index in [9.17, 15) is 4.79 Å². The highest BCUT2D eigenvalue weighted by atomic mass is 35.5. The first-order valence-corrected chi connectivity index (χ1v) is 11.6. The zero-order valence-electron chi connectivity index (χ0n) is 16.3. The molecule has 0 unspecified atom stereocenters. The molecule has 0 aliphatic rings. The molecule has 31 heavy (non-hydrogen) atoms. The molecule has 3 aromatic carbocycles. The Labute approximate surface area is 193 Å². The Hall–Kier alpha value is -2.87. The summed E-state index contributed by atoms with van der Waals surface area (Å²) in [6.45, 7) is 0.349. The van der Waals surface area contributed by atoms with Crippen LogP contribution in [0.5, 0.6) is 5.75 Å². The Balaban J connectivity index is 1.41. The van der Waals surface area contributed by atoms with Gasteiger partial charge in [0.05, 0.1) is 5.56 Å². The summed E-state index contributed by atoms with van der Waals surface area (Å²) in [5.74, 6) is 0.894. The number of amides is 1. The normalized spacial score (nSPS) is 10.6. The molecule has 156 valence electrons. The van der Waals surface area contributed by atoms with Crippen LogP contribution in [0.25, 0.3) is 0 Å². The number of benzene rings is 3. The standard InChI is InChI=1S/C23H18ClN3O2S2/c24-18-11-12-20(29-14-16-7-3-1-4-8-16)19(13-18)21(28)25-22-26-27-23(31-22)30-15-17-9-5-2-6-10-17/h1-13H,14-15H2,(H,25,26,28). The van der Waals surface area contributed by atoms with E-state index in [2.05, 4.69) is 27.6 Å². The topological polar surface area (TPSA) is 64.1 Å². The number of nitrogens with zero attached hydrogens (tertiary/aromatic N) is 2. The summed E-state index contributed by atoms with van der Waals surface area (Å²) in [4.78, 5) is 12.9. The van der Waals surface area contributed by atoms with Gasteiger partial charge in [-0.3, -0.25) is 10.1 Å². The first kappa shape index (κ1) is 21.4. The summed E-state index contributed by atoms with van der Waals surface area (Å²) >= 11 is 9.03. The zero-order chi connectivity index (χ0) is 21.5. The van der Waals surface area contributed by atoms with Crippen molar-refractivity contribution in [2.45, 2.75) is 16.7 Å². The van der Waals surface area contributed by atoms with Crippen LogP contribution in [0.3, 0.4) is 0 Å². The van der Waals surface area contributed by atoms with E-state index in [1.54, 1.807) is 30.0 Å². The molecule has 0 aliphatic carbocycles. The van der Waals surface area contributed by atoms with Gasteiger partial charge in [-0.1, -0.05) is 95.4 Å². The van der Waals surface area contributed by atoms with Crippen molar-refractivity contribution in [1.29, 1.82) is 0 Å². The molecule has 0 spiro atoms. The van der Waals surface area contributed by atoms with Gasteiger partial charge in [-0.25, -0.2) is 0 Å². The first-order valence-electron chi connectivity index (χ1n) is 9.45. The van der Waals surface area contributed by atoms with Crippen LogP contribution in [0, 0.1) is 0 Å². The number of carbonyl (C=O) groups excluding carboxylic acids is 1. The average molecular weight is 468 g/mol. The number of carbonyl (C=O) groups is 1. The minimum atomic E-state index is -0.346. The minimum Gasteiger partial charge on any atom is -0.488 e. The van der Waals surface area contributed by atoms with E-state index in [1.165, 1.54) is 16.9 Å². The Kier molecular flexibility index (Phi) is 7.19. The number of aromatic nitrogens is 2. The highest BCUT2D eigenvalue weighted by Gasteiger charge is 2.16. The summed E-state index contributed by atoms with van der Waals surface area (Å²) < 4.78 is 6.66. The van der Waals surface area contributed by atoms with Gasteiger partial charge < -0.3 is 4.74 Å². The lowest BCUT2D eigenvalue weighted by molar-refractivity contribution is 0.102. The number of nitrogens with one attached hydrogen (secondary N) is 1. The monoisotopic (exact) mass is 467 g/mol. The van der Waals surface area contributed by atoms with Crippen LogP contribution >= 0.6 is 34.7 Å². The zero-order valence-corrected chi connectivity index (χ0v) is 18.7. The van der Waals surface area contributed by atoms with Crippen molar-refractivity contribution in [2.24, 2.45) is 0 Å². The number of ether oxygens (including phenoxy) is 1.